The van der Waals surface area contributed by atoms with Crippen LogP contribution in [0.5, 0.6) is 0 Å². The zero-order chi connectivity index (χ0) is 19.0. The molecule has 3 heterocycles. The molecule has 1 atom stereocenters. The van der Waals surface area contributed by atoms with E-state index in [1.807, 2.05) is 11.5 Å². The summed E-state index contributed by atoms with van der Waals surface area (Å²) in [7, 11) is 0. The molecule has 10 heteroatoms. The van der Waals surface area contributed by atoms with E-state index in [1.165, 1.54) is 18.2 Å². The van der Waals surface area contributed by atoms with Crippen LogP contribution >= 0.6 is 24.2 Å². The Labute approximate surface area is 163 Å². The predicted molar refractivity (Wildman–Crippen MR) is 98.9 cm³/mol. The van der Waals surface area contributed by atoms with Gasteiger partial charge in [-0.05, 0) is 37.3 Å². The molecule has 0 aliphatic carbocycles. The van der Waals surface area contributed by atoms with Gasteiger partial charge in [-0.2, -0.15) is 17.6 Å². The van der Waals surface area contributed by atoms with Gasteiger partial charge in [0, 0.05) is 11.6 Å². The second kappa shape index (κ2) is 7.16. The minimum absolute atomic E-state index is 0.0119. The number of thiol groups is 1. The first kappa shape index (κ1) is 17.7. The maximum atomic E-state index is 14.0. The van der Waals surface area contributed by atoms with Crippen LogP contribution in [0.3, 0.4) is 0 Å². The van der Waals surface area contributed by atoms with Crippen LogP contribution < -0.4 is 0 Å². The average Bonchev–Trinajstić information content (AvgIpc) is 3.42. The summed E-state index contributed by atoms with van der Waals surface area (Å²) in [5.74, 6) is 1.42. The molecule has 0 aliphatic heterocycles. The van der Waals surface area contributed by atoms with Crippen molar-refractivity contribution < 1.29 is 13.3 Å². The van der Waals surface area contributed by atoms with E-state index in [0.717, 1.165) is 0 Å². The van der Waals surface area contributed by atoms with Crippen LogP contribution in [0, 0.1) is 5.82 Å². The van der Waals surface area contributed by atoms with E-state index in [2.05, 4.69) is 33.0 Å². The van der Waals surface area contributed by atoms with E-state index < -0.39 is 11.1 Å². The van der Waals surface area contributed by atoms with E-state index in [9.17, 15) is 4.39 Å². The van der Waals surface area contributed by atoms with E-state index >= 15 is 0 Å². The molecule has 1 aromatic carbocycles. The molecular formula is C17H13ClFN5O2S. The smallest absolute Gasteiger partial charge is 0.261 e. The summed E-state index contributed by atoms with van der Waals surface area (Å²) in [4.78, 5) is 4.25. The molecule has 0 saturated carbocycles. The van der Waals surface area contributed by atoms with Crippen molar-refractivity contribution >= 4 is 24.2 Å². The summed E-state index contributed by atoms with van der Waals surface area (Å²) in [6.07, 6.45) is 1.56. The molecular weight excluding hydrogens is 393 g/mol. The van der Waals surface area contributed by atoms with Crippen LogP contribution in [0.15, 0.2) is 45.5 Å². The van der Waals surface area contributed by atoms with Gasteiger partial charge < -0.3 is 13.5 Å². The first-order valence-electron chi connectivity index (χ1n) is 8.02. The van der Waals surface area contributed by atoms with Crippen molar-refractivity contribution in [3.63, 3.8) is 0 Å². The van der Waals surface area contributed by atoms with Crippen molar-refractivity contribution in [1.29, 1.82) is 0 Å². The van der Waals surface area contributed by atoms with Crippen molar-refractivity contribution in [1.82, 2.24) is 24.9 Å². The third-order valence-corrected chi connectivity index (χ3v) is 4.62. The molecule has 4 rings (SSSR count). The number of nitrogens with zero attached hydrogens (tertiary/aromatic N) is 5. The number of hydrogen-bond donors (Lipinski definition) is 1. The third kappa shape index (κ3) is 3.24. The van der Waals surface area contributed by atoms with Gasteiger partial charge in [0.1, 0.15) is 11.1 Å². The van der Waals surface area contributed by atoms with Crippen molar-refractivity contribution in [3.05, 3.63) is 59.1 Å². The molecule has 0 bridgehead atoms. The Kier molecular flexibility index (Phi) is 4.71. The molecule has 0 amide bonds. The second-order valence-corrected chi connectivity index (χ2v) is 6.54. The van der Waals surface area contributed by atoms with Gasteiger partial charge in [-0.3, -0.25) is 0 Å². The Morgan fingerprint density at radius 2 is 2.15 bits per heavy atom. The van der Waals surface area contributed by atoms with Gasteiger partial charge in [0.05, 0.1) is 11.8 Å². The fraction of sp³-hybridized carbons (Fsp3) is 0.176. The zero-order valence-electron chi connectivity index (χ0n) is 14.0. The largest absolute Gasteiger partial charge is 0.461 e. The van der Waals surface area contributed by atoms with Gasteiger partial charge in [0.2, 0.25) is 0 Å². The molecule has 138 valence electrons. The highest BCUT2D eigenvalue weighted by atomic mass is 35.5. The normalized spacial score (nSPS) is 12.4. The van der Waals surface area contributed by atoms with E-state index in [0.29, 0.717) is 29.0 Å². The first-order chi connectivity index (χ1) is 13.1. The zero-order valence-corrected chi connectivity index (χ0v) is 15.7. The van der Waals surface area contributed by atoms with Crippen molar-refractivity contribution in [3.8, 4) is 23.0 Å². The highest BCUT2D eigenvalue weighted by Gasteiger charge is 2.26. The highest BCUT2D eigenvalue weighted by molar-refractivity contribution is 7.80. The quantitative estimate of drug-likeness (QED) is 0.495. The third-order valence-electron chi connectivity index (χ3n) is 3.93. The summed E-state index contributed by atoms with van der Waals surface area (Å²) in [6, 6.07) is 7.67. The number of halogens is 2. The Morgan fingerprint density at radius 3 is 2.89 bits per heavy atom. The Hall–Kier alpha value is -2.65. The Morgan fingerprint density at radius 1 is 1.30 bits per heavy atom. The summed E-state index contributed by atoms with van der Waals surface area (Å²) >= 11 is 10.5. The SMILES string of the molecule is CCn1c(-c2ccco2)nnc1C(S)c1noc(-c2cc(Cl)ccc2F)n1. The molecule has 0 spiro atoms. The standard InChI is InChI=1S/C17H13ClFN5O2S/c1-2-24-15(12-4-3-7-25-12)21-22-16(24)13(27)14-20-17(26-23-14)10-8-9(18)5-6-11(10)19/h3-8,13,27H,2H2,1H3. The number of benzene rings is 1. The number of aromatic nitrogens is 5. The minimum Gasteiger partial charge on any atom is -0.461 e. The van der Waals surface area contributed by atoms with Gasteiger partial charge in [-0.1, -0.05) is 16.8 Å². The number of furan rings is 1. The van der Waals surface area contributed by atoms with Crippen molar-refractivity contribution in [2.24, 2.45) is 0 Å². The van der Waals surface area contributed by atoms with Gasteiger partial charge in [0.15, 0.2) is 23.2 Å². The lowest BCUT2D eigenvalue weighted by Gasteiger charge is -2.09. The van der Waals surface area contributed by atoms with Crippen LogP contribution in [0.1, 0.15) is 23.8 Å². The Balaban J connectivity index is 1.69. The van der Waals surface area contributed by atoms with Crippen LogP contribution in [-0.2, 0) is 6.54 Å². The molecule has 27 heavy (non-hydrogen) atoms. The summed E-state index contributed by atoms with van der Waals surface area (Å²) < 4.78 is 26.5. The van der Waals surface area contributed by atoms with Crippen molar-refractivity contribution in [2.45, 2.75) is 18.7 Å². The summed E-state index contributed by atoms with van der Waals surface area (Å²) in [5, 5.41) is 12.0. The fourth-order valence-corrected chi connectivity index (χ4v) is 3.12. The van der Waals surface area contributed by atoms with E-state index in [-0.39, 0.29) is 17.3 Å². The number of rotatable bonds is 5. The summed E-state index contributed by atoms with van der Waals surface area (Å²) in [6.45, 7) is 2.53. The maximum absolute atomic E-state index is 14.0. The molecule has 3 aromatic heterocycles. The maximum Gasteiger partial charge on any atom is 0.261 e. The molecule has 0 aliphatic rings. The van der Waals surface area contributed by atoms with Crippen LogP contribution in [0.2, 0.25) is 5.02 Å². The monoisotopic (exact) mass is 405 g/mol. The van der Waals surface area contributed by atoms with Gasteiger partial charge in [-0.25, -0.2) is 4.39 Å². The molecule has 0 radical (unpaired) electrons. The lowest BCUT2D eigenvalue weighted by atomic mass is 10.2. The van der Waals surface area contributed by atoms with Gasteiger partial charge >= 0.3 is 0 Å². The summed E-state index contributed by atoms with van der Waals surface area (Å²) in [5.41, 5.74) is 0.120. The predicted octanol–water partition coefficient (Wildman–Crippen LogP) is 4.42. The van der Waals surface area contributed by atoms with E-state index in [4.69, 9.17) is 20.5 Å². The van der Waals surface area contributed by atoms with Crippen LogP contribution in [0.25, 0.3) is 23.0 Å². The van der Waals surface area contributed by atoms with Gasteiger partial charge in [0.25, 0.3) is 5.89 Å². The first-order valence-corrected chi connectivity index (χ1v) is 8.92. The Bertz CT molecular complexity index is 1080. The van der Waals surface area contributed by atoms with Gasteiger partial charge in [-0.15, -0.1) is 10.2 Å². The highest BCUT2D eigenvalue weighted by Crippen LogP contribution is 2.31. The molecule has 0 saturated heterocycles. The van der Waals surface area contributed by atoms with Crippen LogP contribution in [0.4, 0.5) is 4.39 Å². The van der Waals surface area contributed by atoms with E-state index in [1.54, 1.807) is 18.4 Å². The minimum atomic E-state index is -0.624. The average molecular weight is 406 g/mol. The topological polar surface area (TPSA) is 82.8 Å². The molecule has 7 nitrogen and oxygen atoms in total. The molecule has 0 fully saturated rings. The number of hydrogen-bond acceptors (Lipinski definition) is 7. The fourth-order valence-electron chi connectivity index (χ4n) is 2.65. The van der Waals surface area contributed by atoms with Crippen molar-refractivity contribution in [2.75, 3.05) is 0 Å². The molecule has 0 N–H and O–H groups in total. The second-order valence-electron chi connectivity index (χ2n) is 5.59. The lowest BCUT2D eigenvalue weighted by molar-refractivity contribution is 0.420. The molecule has 4 aromatic rings. The van der Waals surface area contributed by atoms with Crippen LogP contribution in [-0.4, -0.2) is 24.9 Å². The lowest BCUT2D eigenvalue weighted by Crippen LogP contribution is -2.08. The molecule has 1 unspecified atom stereocenters.